The Kier molecular flexibility index (Phi) is 5.99. The average Bonchev–Trinajstić information content (AvgIpc) is 2.81. The van der Waals surface area contributed by atoms with Gasteiger partial charge in [-0.3, -0.25) is 0 Å². The molecule has 0 spiro atoms. The molecule has 0 amide bonds. The van der Waals surface area contributed by atoms with Crippen molar-refractivity contribution in [3.05, 3.63) is 126 Å². The topological polar surface area (TPSA) is 14.1 Å². The maximum Gasteiger partial charge on any atom is -0.0287 e. The first kappa shape index (κ1) is 20.1. The largest absolute Gasteiger partial charge is 0.586 e. The monoisotopic (exact) mass is 430 g/mol. The molecule has 4 rings (SSSR count). The molecule has 4 aromatic rings. The predicted molar refractivity (Wildman–Crippen MR) is 136 cm³/mol. The van der Waals surface area contributed by atoms with E-state index in [2.05, 4.69) is 72.8 Å². The van der Waals surface area contributed by atoms with E-state index in [4.69, 9.17) is 23.0 Å². The molecule has 0 saturated carbocycles. The summed E-state index contributed by atoms with van der Waals surface area (Å²) in [6.07, 6.45) is 2.32. The Bertz CT molecular complexity index is 979. The van der Waals surface area contributed by atoms with Crippen molar-refractivity contribution in [1.82, 2.24) is 0 Å². The second-order valence-corrected chi connectivity index (χ2v) is 13.8. The zero-order chi connectivity index (χ0) is 20.2. The molecule has 0 unspecified atom stereocenters. The van der Waals surface area contributed by atoms with E-state index in [0.29, 0.717) is 0 Å². The molecule has 0 saturated heterocycles. The molecule has 0 aliphatic heterocycles. The summed E-state index contributed by atoms with van der Waals surface area (Å²) in [5.74, 6) is 0. The summed E-state index contributed by atoms with van der Waals surface area (Å²) in [5.41, 5.74) is 0. The minimum Gasteiger partial charge on any atom is -0.586 e. The van der Waals surface area contributed by atoms with Gasteiger partial charge in [0.05, 0.1) is 0 Å². The maximum atomic E-state index is 6.42. The quantitative estimate of drug-likeness (QED) is 0.373. The van der Waals surface area contributed by atoms with Crippen molar-refractivity contribution in [2.75, 3.05) is 0 Å². The van der Waals surface area contributed by atoms with Gasteiger partial charge in [0.15, 0.2) is 0 Å². The van der Waals surface area contributed by atoms with Gasteiger partial charge < -0.3 is 4.86 Å². The number of rotatable bonds is 6. The standard InChI is InChI=1S/C25H22NP2S/c1-27(22-14-6-2-7-15-22,23-16-8-3-9-17-23)26-28(29,24-18-10-4-11-19-24)25-20-12-5-13-21-25/h2-21H,1H2/q-1. The molecule has 4 aromatic carbocycles. The molecule has 0 aromatic heterocycles. The van der Waals surface area contributed by atoms with Gasteiger partial charge in [0.1, 0.15) is 0 Å². The van der Waals surface area contributed by atoms with Crippen molar-refractivity contribution in [3.8, 4) is 0 Å². The van der Waals surface area contributed by atoms with Gasteiger partial charge in [0.2, 0.25) is 0 Å². The van der Waals surface area contributed by atoms with Crippen LogP contribution in [-0.4, -0.2) is 6.30 Å². The van der Waals surface area contributed by atoms with Crippen LogP contribution in [0.15, 0.2) is 121 Å². The van der Waals surface area contributed by atoms with Crippen LogP contribution in [0.1, 0.15) is 0 Å². The third-order valence-electron chi connectivity index (χ3n) is 4.86. The third kappa shape index (κ3) is 4.08. The van der Waals surface area contributed by atoms with Crippen molar-refractivity contribution in [1.29, 1.82) is 0 Å². The fourth-order valence-electron chi connectivity index (χ4n) is 3.33. The van der Waals surface area contributed by atoms with Crippen molar-refractivity contribution in [3.63, 3.8) is 0 Å². The molecule has 0 atom stereocenters. The lowest BCUT2D eigenvalue weighted by Crippen LogP contribution is -2.20. The fourth-order valence-corrected chi connectivity index (χ4v) is 11.6. The molecule has 0 radical (unpaired) electrons. The second kappa shape index (κ2) is 8.66. The Labute approximate surface area is 178 Å². The van der Waals surface area contributed by atoms with Crippen LogP contribution in [-0.2, 0) is 11.8 Å². The summed E-state index contributed by atoms with van der Waals surface area (Å²) >= 11 is 6.42. The molecule has 0 aliphatic carbocycles. The van der Waals surface area contributed by atoms with Gasteiger partial charge >= 0.3 is 0 Å². The Balaban J connectivity index is 1.93. The SMILES string of the molecule is C=P([N-]P(=S)(c1ccccc1)c1ccccc1)(c1ccccc1)c1ccccc1. The van der Waals surface area contributed by atoms with Crippen LogP contribution in [0.5, 0.6) is 0 Å². The summed E-state index contributed by atoms with van der Waals surface area (Å²) in [6, 6.07) is 41.5. The maximum absolute atomic E-state index is 6.42. The number of hydrogen-bond acceptors (Lipinski definition) is 1. The Morgan fingerprint density at radius 2 is 0.759 bits per heavy atom. The first-order valence-corrected chi connectivity index (χ1v) is 14.1. The van der Waals surface area contributed by atoms with Crippen LogP contribution in [0.2, 0.25) is 0 Å². The highest BCUT2D eigenvalue weighted by atomic mass is 32.4. The Morgan fingerprint density at radius 3 is 1.07 bits per heavy atom. The molecule has 0 aliphatic rings. The first-order chi connectivity index (χ1) is 14.1. The number of hydrogen-bond donors (Lipinski definition) is 0. The van der Waals surface area contributed by atoms with E-state index in [1.807, 2.05) is 48.5 Å². The first-order valence-electron chi connectivity index (χ1n) is 9.44. The van der Waals surface area contributed by atoms with Crippen LogP contribution >= 0.6 is 13.2 Å². The van der Waals surface area contributed by atoms with Crippen LogP contribution in [0, 0.1) is 0 Å². The van der Waals surface area contributed by atoms with E-state index in [9.17, 15) is 0 Å². The highest BCUT2D eigenvalue weighted by molar-refractivity contribution is 8.27. The lowest BCUT2D eigenvalue weighted by molar-refractivity contribution is 1.74. The van der Waals surface area contributed by atoms with E-state index in [1.165, 1.54) is 0 Å². The van der Waals surface area contributed by atoms with Crippen molar-refractivity contribution >= 4 is 52.5 Å². The van der Waals surface area contributed by atoms with Gasteiger partial charge in [0.25, 0.3) is 0 Å². The predicted octanol–water partition coefficient (Wildman–Crippen LogP) is 5.42. The van der Waals surface area contributed by atoms with Gasteiger partial charge in [-0.2, -0.15) is 0 Å². The van der Waals surface area contributed by atoms with E-state index in [-0.39, 0.29) is 0 Å². The van der Waals surface area contributed by atoms with Gasteiger partial charge in [0, 0.05) is 0 Å². The Hall–Kier alpha value is -2.21. The van der Waals surface area contributed by atoms with Crippen LogP contribution in [0.25, 0.3) is 4.86 Å². The van der Waals surface area contributed by atoms with E-state index in [0.717, 1.165) is 21.2 Å². The Morgan fingerprint density at radius 1 is 0.483 bits per heavy atom. The normalized spacial score (nSPS) is 11.9. The van der Waals surface area contributed by atoms with Gasteiger partial charge in [-0.15, -0.1) is 25.1 Å². The molecule has 0 bridgehead atoms. The molecular weight excluding hydrogens is 408 g/mol. The summed E-state index contributed by atoms with van der Waals surface area (Å²) < 4.78 is 0. The van der Waals surface area contributed by atoms with E-state index < -0.39 is 13.2 Å². The molecule has 0 N–H and O–H groups in total. The van der Waals surface area contributed by atoms with Gasteiger partial charge in [-0.25, -0.2) is 0 Å². The van der Waals surface area contributed by atoms with Crippen molar-refractivity contribution < 1.29 is 0 Å². The van der Waals surface area contributed by atoms with Crippen LogP contribution in [0.3, 0.4) is 0 Å². The number of benzene rings is 4. The van der Waals surface area contributed by atoms with Crippen LogP contribution < -0.4 is 21.2 Å². The van der Waals surface area contributed by atoms with Crippen LogP contribution in [0.4, 0.5) is 0 Å². The fraction of sp³-hybridized carbons (Fsp3) is 0. The molecule has 144 valence electrons. The van der Waals surface area contributed by atoms with Gasteiger partial charge in [-0.05, 0) is 21.2 Å². The third-order valence-corrected chi connectivity index (χ3v) is 13.3. The molecule has 0 fully saturated rings. The summed E-state index contributed by atoms with van der Waals surface area (Å²) in [4.78, 5) is 5.55. The average molecular weight is 430 g/mol. The summed E-state index contributed by atoms with van der Waals surface area (Å²) in [5, 5.41) is 4.49. The van der Waals surface area contributed by atoms with E-state index in [1.54, 1.807) is 0 Å². The molecule has 4 heteroatoms. The summed E-state index contributed by atoms with van der Waals surface area (Å²) in [6.45, 7) is 0. The highest BCUT2D eigenvalue weighted by Crippen LogP contribution is 2.67. The lowest BCUT2D eigenvalue weighted by atomic mass is 10.4. The van der Waals surface area contributed by atoms with Crippen molar-refractivity contribution in [2.24, 2.45) is 0 Å². The zero-order valence-corrected chi connectivity index (χ0v) is 18.6. The zero-order valence-electron chi connectivity index (χ0n) is 16.0. The minimum atomic E-state index is -2.43. The van der Waals surface area contributed by atoms with E-state index >= 15 is 0 Å². The number of nitrogens with zero attached hydrogens (tertiary/aromatic N) is 1. The minimum absolute atomic E-state index is 1.10. The summed E-state index contributed by atoms with van der Waals surface area (Å²) in [7, 11) is -2.31. The smallest absolute Gasteiger partial charge is 0.0287 e. The molecular formula is C25H22NP2S-. The highest BCUT2D eigenvalue weighted by Gasteiger charge is 2.19. The molecule has 0 heterocycles. The van der Waals surface area contributed by atoms with Gasteiger partial charge in [-0.1, -0.05) is 128 Å². The second-order valence-electron chi connectivity index (χ2n) is 6.78. The molecule has 29 heavy (non-hydrogen) atoms. The molecule has 1 nitrogen and oxygen atoms in total. The van der Waals surface area contributed by atoms with Crippen molar-refractivity contribution in [2.45, 2.75) is 0 Å². The lowest BCUT2D eigenvalue weighted by Gasteiger charge is -2.48.